The Kier molecular flexibility index (Phi) is 3.33. The van der Waals surface area contributed by atoms with Gasteiger partial charge in [-0.3, -0.25) is 4.79 Å². The fourth-order valence-electron chi connectivity index (χ4n) is 1.85. The van der Waals surface area contributed by atoms with E-state index in [0.717, 1.165) is 15.2 Å². The summed E-state index contributed by atoms with van der Waals surface area (Å²) < 4.78 is 0.958. The topological polar surface area (TPSA) is 57.5 Å². The minimum Gasteiger partial charge on any atom is -0.508 e. The normalized spacial score (nSPS) is 10.6. The van der Waals surface area contributed by atoms with Gasteiger partial charge >= 0.3 is 5.97 Å². The van der Waals surface area contributed by atoms with Gasteiger partial charge in [-0.1, -0.05) is 28.1 Å². The van der Waals surface area contributed by atoms with Crippen molar-refractivity contribution in [3.63, 3.8) is 0 Å². The van der Waals surface area contributed by atoms with Crippen molar-refractivity contribution in [1.82, 2.24) is 0 Å². The number of carboxylic acid groups (broad SMARTS) is 1. The van der Waals surface area contributed by atoms with Crippen molar-refractivity contribution < 1.29 is 15.0 Å². The van der Waals surface area contributed by atoms with E-state index in [9.17, 15) is 9.90 Å². The first kappa shape index (κ1) is 11.9. The molecule has 0 saturated carbocycles. The van der Waals surface area contributed by atoms with E-state index in [1.165, 1.54) is 0 Å². The number of carboxylic acids is 1. The number of aromatic hydroxyl groups is 1. The van der Waals surface area contributed by atoms with Crippen LogP contribution in [0.4, 0.5) is 0 Å². The van der Waals surface area contributed by atoms with E-state index in [-0.39, 0.29) is 12.2 Å². The molecule has 0 aliphatic carbocycles. The van der Waals surface area contributed by atoms with E-state index in [4.69, 9.17) is 5.11 Å². The monoisotopic (exact) mass is 294 g/mol. The Labute approximate surface area is 107 Å². The zero-order chi connectivity index (χ0) is 12.4. The second-order valence-electron chi connectivity index (χ2n) is 3.82. The highest BCUT2D eigenvalue weighted by atomic mass is 79.9. The summed E-state index contributed by atoms with van der Waals surface area (Å²) in [6.45, 7) is 0. The van der Waals surface area contributed by atoms with Crippen LogP contribution in [-0.4, -0.2) is 16.2 Å². The molecule has 0 aromatic heterocycles. The van der Waals surface area contributed by atoms with Crippen molar-refractivity contribution in [2.75, 3.05) is 0 Å². The number of aliphatic carboxylic acids is 1. The molecule has 4 heteroatoms. The number of hydrogen-bond donors (Lipinski definition) is 2. The maximum Gasteiger partial charge on any atom is 0.303 e. The molecule has 0 saturated heterocycles. The van der Waals surface area contributed by atoms with Gasteiger partial charge in [-0.2, -0.15) is 0 Å². The summed E-state index contributed by atoms with van der Waals surface area (Å²) in [5, 5.41) is 20.4. The van der Waals surface area contributed by atoms with Crippen molar-refractivity contribution in [3.8, 4) is 5.75 Å². The van der Waals surface area contributed by atoms with Crippen LogP contribution >= 0.6 is 15.9 Å². The molecule has 0 unspecified atom stereocenters. The lowest BCUT2D eigenvalue weighted by atomic mass is 10.00. The van der Waals surface area contributed by atoms with Crippen LogP contribution in [0.2, 0.25) is 0 Å². The van der Waals surface area contributed by atoms with Crippen LogP contribution in [0.25, 0.3) is 10.8 Å². The van der Waals surface area contributed by atoms with Crippen LogP contribution in [0.3, 0.4) is 0 Å². The fraction of sp³-hybridized carbons (Fsp3) is 0.154. The third-order valence-electron chi connectivity index (χ3n) is 2.66. The van der Waals surface area contributed by atoms with Crippen molar-refractivity contribution >= 4 is 32.7 Å². The number of benzene rings is 2. The highest BCUT2D eigenvalue weighted by Gasteiger charge is 2.09. The van der Waals surface area contributed by atoms with Crippen molar-refractivity contribution in [3.05, 3.63) is 40.4 Å². The minimum absolute atomic E-state index is 0.0166. The van der Waals surface area contributed by atoms with E-state index in [1.54, 1.807) is 6.07 Å². The summed E-state index contributed by atoms with van der Waals surface area (Å²) in [4.78, 5) is 10.6. The highest BCUT2D eigenvalue weighted by Crippen LogP contribution is 2.30. The van der Waals surface area contributed by atoms with Gasteiger partial charge in [0.1, 0.15) is 5.75 Å². The highest BCUT2D eigenvalue weighted by molar-refractivity contribution is 9.10. The molecule has 2 aromatic carbocycles. The summed E-state index contributed by atoms with van der Waals surface area (Å²) in [5.74, 6) is -0.709. The number of aryl methyl sites for hydroxylation is 1. The Morgan fingerprint density at radius 1 is 1.24 bits per heavy atom. The molecule has 2 N–H and O–H groups in total. The molecule has 2 aromatic rings. The SMILES string of the molecule is O=C(O)CCc1c(O)ccc2cc(Br)ccc12. The van der Waals surface area contributed by atoms with Gasteiger partial charge in [0.15, 0.2) is 0 Å². The molecule has 17 heavy (non-hydrogen) atoms. The predicted molar refractivity (Wildman–Crippen MR) is 69.3 cm³/mol. The molecule has 0 heterocycles. The van der Waals surface area contributed by atoms with Crippen LogP contribution in [0.5, 0.6) is 5.75 Å². The fourth-order valence-corrected chi connectivity index (χ4v) is 2.23. The molecule has 0 amide bonds. The minimum atomic E-state index is -0.862. The number of carbonyl (C=O) groups is 1. The summed E-state index contributed by atoms with van der Waals surface area (Å²) >= 11 is 3.38. The summed E-state index contributed by atoms with van der Waals surface area (Å²) in [6.07, 6.45) is 0.350. The molecular weight excluding hydrogens is 284 g/mol. The van der Waals surface area contributed by atoms with Crippen molar-refractivity contribution in [2.24, 2.45) is 0 Å². The Bertz CT molecular complexity index is 578. The Morgan fingerprint density at radius 2 is 2.00 bits per heavy atom. The summed E-state index contributed by atoms with van der Waals surface area (Å²) in [6, 6.07) is 9.13. The second-order valence-corrected chi connectivity index (χ2v) is 4.74. The standard InChI is InChI=1S/C13H11BrO3/c14-9-2-3-10-8(7-9)1-5-12(15)11(10)4-6-13(16)17/h1-3,5,7,15H,4,6H2,(H,16,17). The smallest absolute Gasteiger partial charge is 0.303 e. The van der Waals surface area contributed by atoms with Crippen LogP contribution in [-0.2, 0) is 11.2 Å². The van der Waals surface area contributed by atoms with Gasteiger partial charge < -0.3 is 10.2 Å². The number of rotatable bonds is 3. The Hall–Kier alpha value is -1.55. The summed E-state index contributed by atoms with van der Waals surface area (Å²) in [5.41, 5.74) is 0.692. The van der Waals surface area contributed by atoms with E-state index < -0.39 is 5.97 Å². The van der Waals surface area contributed by atoms with E-state index in [1.807, 2.05) is 24.3 Å². The van der Waals surface area contributed by atoms with Gasteiger partial charge in [-0.05, 0) is 35.4 Å². The van der Waals surface area contributed by atoms with Crippen LogP contribution in [0.1, 0.15) is 12.0 Å². The van der Waals surface area contributed by atoms with Gasteiger partial charge in [0.2, 0.25) is 0 Å². The molecule has 2 rings (SSSR count). The average Bonchev–Trinajstić information content (AvgIpc) is 2.27. The largest absolute Gasteiger partial charge is 0.508 e. The number of hydrogen-bond acceptors (Lipinski definition) is 2. The lowest BCUT2D eigenvalue weighted by Gasteiger charge is -2.08. The van der Waals surface area contributed by atoms with E-state index >= 15 is 0 Å². The summed E-state index contributed by atoms with van der Waals surface area (Å²) in [7, 11) is 0. The Balaban J connectivity index is 2.51. The van der Waals surface area contributed by atoms with E-state index in [2.05, 4.69) is 15.9 Å². The number of halogens is 1. The number of phenols is 1. The molecule has 0 atom stereocenters. The van der Waals surface area contributed by atoms with Gasteiger partial charge in [0, 0.05) is 16.5 Å². The van der Waals surface area contributed by atoms with Crippen LogP contribution in [0, 0.1) is 0 Å². The number of phenolic OH excluding ortho intramolecular Hbond substituents is 1. The Morgan fingerprint density at radius 3 is 2.71 bits per heavy atom. The van der Waals surface area contributed by atoms with E-state index in [0.29, 0.717) is 12.0 Å². The van der Waals surface area contributed by atoms with Gasteiger partial charge in [0.05, 0.1) is 0 Å². The lowest BCUT2D eigenvalue weighted by Crippen LogP contribution is -1.98. The molecule has 0 aliphatic rings. The molecule has 0 spiro atoms. The maximum atomic E-state index is 10.6. The molecule has 88 valence electrons. The molecule has 0 radical (unpaired) electrons. The zero-order valence-electron chi connectivity index (χ0n) is 8.98. The first-order chi connectivity index (χ1) is 8.08. The van der Waals surface area contributed by atoms with Crippen molar-refractivity contribution in [2.45, 2.75) is 12.8 Å². The maximum absolute atomic E-state index is 10.6. The first-order valence-corrected chi connectivity index (χ1v) is 5.99. The van der Waals surface area contributed by atoms with Crippen LogP contribution in [0.15, 0.2) is 34.8 Å². The molecule has 0 bridgehead atoms. The average molecular weight is 295 g/mol. The predicted octanol–water partition coefficient (Wildman–Crippen LogP) is 3.33. The lowest BCUT2D eigenvalue weighted by molar-refractivity contribution is -0.136. The van der Waals surface area contributed by atoms with Gasteiger partial charge in [0.25, 0.3) is 0 Å². The van der Waals surface area contributed by atoms with Crippen LogP contribution < -0.4 is 0 Å². The van der Waals surface area contributed by atoms with Gasteiger partial charge in [-0.15, -0.1) is 0 Å². The third kappa shape index (κ3) is 2.58. The van der Waals surface area contributed by atoms with Gasteiger partial charge in [-0.25, -0.2) is 0 Å². The molecular formula is C13H11BrO3. The second kappa shape index (κ2) is 4.75. The quantitative estimate of drug-likeness (QED) is 0.913. The molecule has 3 nitrogen and oxygen atoms in total. The molecule has 0 aliphatic heterocycles. The van der Waals surface area contributed by atoms with Crippen molar-refractivity contribution in [1.29, 1.82) is 0 Å². The molecule has 0 fully saturated rings. The third-order valence-corrected chi connectivity index (χ3v) is 3.15. The first-order valence-electron chi connectivity index (χ1n) is 5.20. The number of fused-ring (bicyclic) bond motifs is 1. The zero-order valence-corrected chi connectivity index (χ0v) is 10.6.